The highest BCUT2D eigenvalue weighted by Crippen LogP contribution is 2.68. The summed E-state index contributed by atoms with van der Waals surface area (Å²) in [6.07, 6.45) is 9.18. The Morgan fingerprint density at radius 2 is 1.75 bits per heavy atom. The van der Waals surface area contributed by atoms with Crippen molar-refractivity contribution in [1.29, 1.82) is 0 Å². The molecule has 156 valence electrons. The lowest BCUT2D eigenvalue weighted by molar-refractivity contribution is -0.155. The normalized spacial score (nSPS) is 46.5. The standard InChI is InChI=1S/C24H36O4/c1-14(4-9-22(27)28)17-7-8-18-16-6-5-15-12-20(25)21(26)13-24(15,3)19(16)10-11-23(17,18)2/h14-19H,4-13H2,1-3H3,(H,27,28)/t14-,15?,16+,17-,18+,19+,23-,24+/m1/s1. The Morgan fingerprint density at radius 1 is 1.04 bits per heavy atom. The summed E-state index contributed by atoms with van der Waals surface area (Å²) in [5, 5.41) is 9.08. The number of aliphatic carboxylic acids is 1. The highest BCUT2D eigenvalue weighted by molar-refractivity contribution is 6.38. The summed E-state index contributed by atoms with van der Waals surface area (Å²) in [7, 11) is 0. The van der Waals surface area contributed by atoms with Gasteiger partial charge in [-0.2, -0.15) is 0 Å². The van der Waals surface area contributed by atoms with Gasteiger partial charge in [0, 0.05) is 19.3 Å². The second-order valence-corrected chi connectivity index (χ2v) is 11.0. The van der Waals surface area contributed by atoms with Crippen molar-refractivity contribution in [2.45, 2.75) is 85.0 Å². The maximum atomic E-state index is 12.3. The number of ketones is 2. The van der Waals surface area contributed by atoms with Gasteiger partial charge in [-0.1, -0.05) is 20.8 Å². The molecule has 0 bridgehead atoms. The second-order valence-electron chi connectivity index (χ2n) is 11.0. The van der Waals surface area contributed by atoms with E-state index in [1.54, 1.807) is 0 Å². The van der Waals surface area contributed by atoms with Crippen molar-refractivity contribution in [3.05, 3.63) is 0 Å². The highest BCUT2D eigenvalue weighted by atomic mass is 16.4. The van der Waals surface area contributed by atoms with E-state index in [-0.39, 0.29) is 23.4 Å². The Bertz CT molecular complexity index is 684. The van der Waals surface area contributed by atoms with E-state index in [2.05, 4.69) is 20.8 Å². The topological polar surface area (TPSA) is 71.4 Å². The monoisotopic (exact) mass is 388 g/mol. The van der Waals surface area contributed by atoms with Gasteiger partial charge in [-0.15, -0.1) is 0 Å². The Hall–Kier alpha value is -1.19. The summed E-state index contributed by atoms with van der Waals surface area (Å²) >= 11 is 0. The number of Topliss-reactive ketones (excluding diaryl/α,β-unsaturated/α-hetero) is 2. The van der Waals surface area contributed by atoms with Crippen molar-refractivity contribution in [2.75, 3.05) is 0 Å². The highest BCUT2D eigenvalue weighted by Gasteiger charge is 2.61. The van der Waals surface area contributed by atoms with Crippen molar-refractivity contribution in [1.82, 2.24) is 0 Å². The first kappa shape index (κ1) is 20.1. The number of hydrogen-bond donors (Lipinski definition) is 1. The molecule has 28 heavy (non-hydrogen) atoms. The fourth-order valence-electron chi connectivity index (χ4n) is 8.46. The molecule has 4 aliphatic rings. The summed E-state index contributed by atoms with van der Waals surface area (Å²) in [4.78, 5) is 35.3. The third-order valence-electron chi connectivity index (χ3n) is 9.92. The van der Waals surface area contributed by atoms with Crippen molar-refractivity contribution in [2.24, 2.45) is 46.3 Å². The first-order chi connectivity index (χ1) is 13.2. The molecule has 1 unspecified atom stereocenters. The van der Waals surface area contributed by atoms with Crippen LogP contribution in [0.25, 0.3) is 0 Å². The lowest BCUT2D eigenvalue weighted by Gasteiger charge is -2.60. The molecule has 0 aliphatic heterocycles. The Kier molecular flexibility index (Phi) is 4.99. The van der Waals surface area contributed by atoms with E-state index in [0.29, 0.717) is 53.8 Å². The van der Waals surface area contributed by atoms with Gasteiger partial charge >= 0.3 is 5.97 Å². The average Bonchev–Trinajstić information content (AvgIpc) is 2.98. The van der Waals surface area contributed by atoms with Gasteiger partial charge in [-0.05, 0) is 91.3 Å². The summed E-state index contributed by atoms with van der Waals surface area (Å²) < 4.78 is 0. The zero-order chi connectivity index (χ0) is 20.3. The van der Waals surface area contributed by atoms with E-state index >= 15 is 0 Å². The molecule has 4 saturated carbocycles. The molecule has 4 rings (SSSR count). The second kappa shape index (κ2) is 6.95. The number of carboxylic acids is 1. The third kappa shape index (κ3) is 2.97. The molecule has 0 amide bonds. The van der Waals surface area contributed by atoms with Crippen LogP contribution in [-0.2, 0) is 14.4 Å². The Labute approximate surface area is 168 Å². The zero-order valence-electron chi connectivity index (χ0n) is 17.7. The lowest BCUT2D eigenvalue weighted by Crippen LogP contribution is -2.55. The number of hydrogen-bond acceptors (Lipinski definition) is 3. The number of rotatable bonds is 4. The zero-order valence-corrected chi connectivity index (χ0v) is 17.7. The van der Waals surface area contributed by atoms with E-state index in [9.17, 15) is 14.4 Å². The largest absolute Gasteiger partial charge is 0.481 e. The van der Waals surface area contributed by atoms with Gasteiger partial charge in [0.05, 0.1) is 0 Å². The van der Waals surface area contributed by atoms with Gasteiger partial charge in [0.25, 0.3) is 0 Å². The molecule has 4 nitrogen and oxygen atoms in total. The van der Waals surface area contributed by atoms with Crippen LogP contribution in [0.4, 0.5) is 0 Å². The summed E-state index contributed by atoms with van der Waals surface area (Å²) in [5.74, 6) is 2.50. The van der Waals surface area contributed by atoms with Crippen molar-refractivity contribution in [3.63, 3.8) is 0 Å². The van der Waals surface area contributed by atoms with Gasteiger partial charge in [0.15, 0.2) is 11.6 Å². The van der Waals surface area contributed by atoms with Gasteiger partial charge < -0.3 is 5.11 Å². The smallest absolute Gasteiger partial charge is 0.303 e. The molecule has 8 atom stereocenters. The summed E-state index contributed by atoms with van der Waals surface area (Å²) in [5.41, 5.74) is 0.332. The van der Waals surface area contributed by atoms with Crippen molar-refractivity contribution < 1.29 is 19.5 Å². The molecule has 4 aliphatic carbocycles. The molecule has 4 heteroatoms. The molecule has 4 fully saturated rings. The third-order valence-corrected chi connectivity index (χ3v) is 9.92. The number of carbonyl (C=O) groups is 3. The fraction of sp³-hybridized carbons (Fsp3) is 0.875. The van der Waals surface area contributed by atoms with Gasteiger partial charge in [-0.25, -0.2) is 0 Å². The first-order valence-corrected chi connectivity index (χ1v) is 11.4. The predicted octanol–water partition coefficient (Wildman–Crippen LogP) is 4.89. The van der Waals surface area contributed by atoms with Crippen LogP contribution in [0.2, 0.25) is 0 Å². The first-order valence-electron chi connectivity index (χ1n) is 11.4. The Balaban J connectivity index is 1.54. The number of carboxylic acid groups (broad SMARTS) is 1. The summed E-state index contributed by atoms with van der Waals surface area (Å²) in [6.45, 7) is 7.05. The van der Waals surface area contributed by atoms with Crippen LogP contribution in [0.5, 0.6) is 0 Å². The van der Waals surface area contributed by atoms with Crippen molar-refractivity contribution in [3.8, 4) is 0 Å². The molecular weight excluding hydrogens is 352 g/mol. The predicted molar refractivity (Wildman–Crippen MR) is 107 cm³/mol. The SMILES string of the molecule is C[C@H](CCC(=O)O)[C@H]1CC[C@H]2[C@@H]3CCC4CC(=O)C(=O)C[C@]4(C)[C@H]3CC[C@]12C. The van der Waals surface area contributed by atoms with Gasteiger partial charge in [0.1, 0.15) is 0 Å². The van der Waals surface area contributed by atoms with Crippen LogP contribution >= 0.6 is 0 Å². The quantitative estimate of drug-likeness (QED) is 0.696. The van der Waals surface area contributed by atoms with Crippen LogP contribution in [-0.4, -0.2) is 22.6 Å². The van der Waals surface area contributed by atoms with Crippen LogP contribution < -0.4 is 0 Å². The lowest BCUT2D eigenvalue weighted by atomic mass is 9.44. The fourth-order valence-corrected chi connectivity index (χ4v) is 8.46. The van der Waals surface area contributed by atoms with Crippen LogP contribution in [0.1, 0.15) is 85.0 Å². The van der Waals surface area contributed by atoms with Crippen LogP contribution in [0, 0.1) is 46.3 Å². The molecule has 0 aromatic heterocycles. The molecule has 0 spiro atoms. The minimum absolute atomic E-state index is 0.0161. The molecular formula is C24H36O4. The molecule has 0 saturated heterocycles. The average molecular weight is 389 g/mol. The van der Waals surface area contributed by atoms with E-state index in [1.165, 1.54) is 32.1 Å². The molecule has 1 N–H and O–H groups in total. The van der Waals surface area contributed by atoms with Crippen LogP contribution in [0.3, 0.4) is 0 Å². The van der Waals surface area contributed by atoms with E-state index in [1.807, 2.05) is 0 Å². The molecule has 0 aromatic carbocycles. The van der Waals surface area contributed by atoms with E-state index in [4.69, 9.17) is 5.11 Å². The Morgan fingerprint density at radius 3 is 2.46 bits per heavy atom. The molecule has 0 aromatic rings. The molecule has 0 radical (unpaired) electrons. The van der Waals surface area contributed by atoms with Gasteiger partial charge in [-0.3, -0.25) is 14.4 Å². The van der Waals surface area contributed by atoms with E-state index in [0.717, 1.165) is 12.8 Å². The number of fused-ring (bicyclic) bond motifs is 5. The van der Waals surface area contributed by atoms with Crippen LogP contribution in [0.15, 0.2) is 0 Å². The minimum atomic E-state index is -0.682. The summed E-state index contributed by atoms with van der Waals surface area (Å²) in [6, 6.07) is 0. The maximum absolute atomic E-state index is 12.3. The maximum Gasteiger partial charge on any atom is 0.303 e. The van der Waals surface area contributed by atoms with Gasteiger partial charge in [0.2, 0.25) is 0 Å². The minimum Gasteiger partial charge on any atom is -0.481 e. The number of carbonyl (C=O) groups excluding carboxylic acids is 2. The van der Waals surface area contributed by atoms with Crippen molar-refractivity contribution >= 4 is 17.5 Å². The van der Waals surface area contributed by atoms with E-state index < -0.39 is 5.97 Å². The molecule has 0 heterocycles.